The fourth-order valence-electron chi connectivity index (χ4n) is 3.34. The summed E-state index contributed by atoms with van der Waals surface area (Å²) in [5, 5.41) is 7.79. The third-order valence-corrected chi connectivity index (χ3v) is 4.59. The maximum absolute atomic E-state index is 12.2. The fraction of sp³-hybridized carbons (Fsp3) is 0.500. The van der Waals surface area contributed by atoms with Gasteiger partial charge in [0.15, 0.2) is 0 Å². The zero-order chi connectivity index (χ0) is 15.4. The van der Waals surface area contributed by atoms with Crippen LogP contribution < -0.4 is 10.6 Å². The second-order valence-electron chi connectivity index (χ2n) is 6.33. The van der Waals surface area contributed by atoms with Crippen LogP contribution in [0.15, 0.2) is 30.5 Å². The highest BCUT2D eigenvalue weighted by Gasteiger charge is 2.24. The molecule has 0 radical (unpaired) electrons. The van der Waals surface area contributed by atoms with E-state index < -0.39 is 0 Å². The Bertz CT molecular complexity index is 634. The van der Waals surface area contributed by atoms with Crippen molar-refractivity contribution < 1.29 is 4.79 Å². The predicted molar refractivity (Wildman–Crippen MR) is 89.8 cm³/mol. The van der Waals surface area contributed by atoms with E-state index in [2.05, 4.69) is 46.9 Å². The second kappa shape index (κ2) is 6.97. The number of para-hydroxylation sites is 1. The molecular formula is C18H25N3O. The highest BCUT2D eigenvalue weighted by molar-refractivity contribution is 5.83. The highest BCUT2D eigenvalue weighted by Crippen LogP contribution is 2.19. The van der Waals surface area contributed by atoms with Gasteiger partial charge in [-0.1, -0.05) is 18.2 Å². The minimum Gasteiger partial charge on any atom is -0.361 e. The van der Waals surface area contributed by atoms with E-state index in [4.69, 9.17) is 0 Å². The molecule has 0 bridgehead atoms. The SMILES string of the molecule is C[C@H]1C[C@@H](C(=O)NCCCc2c[nH]c3ccccc23)CCN1. The zero-order valence-corrected chi connectivity index (χ0v) is 13.2. The molecular weight excluding hydrogens is 274 g/mol. The number of benzene rings is 1. The lowest BCUT2D eigenvalue weighted by atomic mass is 9.92. The lowest BCUT2D eigenvalue weighted by Crippen LogP contribution is -2.42. The minimum atomic E-state index is 0.185. The molecule has 3 rings (SSSR count). The van der Waals surface area contributed by atoms with Gasteiger partial charge in [-0.3, -0.25) is 4.79 Å². The second-order valence-corrected chi connectivity index (χ2v) is 6.33. The number of nitrogens with one attached hydrogen (secondary N) is 3. The van der Waals surface area contributed by atoms with Crippen LogP contribution in [0, 0.1) is 5.92 Å². The Kier molecular flexibility index (Phi) is 4.78. The van der Waals surface area contributed by atoms with Crippen LogP contribution in [0.1, 0.15) is 31.7 Å². The van der Waals surface area contributed by atoms with Gasteiger partial charge in [0.1, 0.15) is 0 Å². The van der Waals surface area contributed by atoms with Gasteiger partial charge in [-0.2, -0.15) is 0 Å². The van der Waals surface area contributed by atoms with Crippen LogP contribution in [-0.2, 0) is 11.2 Å². The third-order valence-electron chi connectivity index (χ3n) is 4.59. The van der Waals surface area contributed by atoms with E-state index in [1.165, 1.54) is 16.5 Å². The lowest BCUT2D eigenvalue weighted by molar-refractivity contribution is -0.126. The number of carbonyl (C=O) groups excluding carboxylic acids is 1. The van der Waals surface area contributed by atoms with Crippen molar-refractivity contribution in [2.45, 2.75) is 38.6 Å². The fourth-order valence-corrected chi connectivity index (χ4v) is 3.34. The number of aromatic nitrogens is 1. The van der Waals surface area contributed by atoms with Crippen molar-refractivity contribution in [1.82, 2.24) is 15.6 Å². The molecule has 1 aliphatic rings. The van der Waals surface area contributed by atoms with E-state index in [0.717, 1.165) is 38.8 Å². The summed E-state index contributed by atoms with van der Waals surface area (Å²) < 4.78 is 0. The van der Waals surface area contributed by atoms with E-state index in [0.29, 0.717) is 6.04 Å². The standard InChI is InChI=1S/C18H25N3O/c1-13-11-14(8-10-19-13)18(22)20-9-4-5-15-12-21-17-7-3-2-6-16(15)17/h2-3,6-7,12-14,19,21H,4-5,8-11H2,1H3,(H,20,22)/t13-,14-/m0/s1. The van der Waals surface area contributed by atoms with E-state index in [1.807, 2.05) is 6.07 Å². The van der Waals surface area contributed by atoms with Gasteiger partial charge in [-0.05, 0) is 50.8 Å². The first-order valence-electron chi connectivity index (χ1n) is 8.30. The summed E-state index contributed by atoms with van der Waals surface area (Å²) in [5.74, 6) is 0.414. The van der Waals surface area contributed by atoms with Crippen LogP contribution >= 0.6 is 0 Å². The number of aromatic amines is 1. The summed E-state index contributed by atoms with van der Waals surface area (Å²) in [7, 11) is 0. The molecule has 1 aromatic carbocycles. The van der Waals surface area contributed by atoms with Gasteiger partial charge in [-0.25, -0.2) is 0 Å². The number of rotatable bonds is 5. The van der Waals surface area contributed by atoms with Gasteiger partial charge in [0, 0.05) is 35.6 Å². The smallest absolute Gasteiger partial charge is 0.223 e. The van der Waals surface area contributed by atoms with Gasteiger partial charge in [0.2, 0.25) is 5.91 Å². The lowest BCUT2D eigenvalue weighted by Gasteiger charge is -2.27. The first-order valence-corrected chi connectivity index (χ1v) is 8.30. The molecule has 22 heavy (non-hydrogen) atoms. The largest absolute Gasteiger partial charge is 0.361 e. The molecule has 4 nitrogen and oxygen atoms in total. The molecule has 0 unspecified atom stereocenters. The Labute approximate surface area is 131 Å². The van der Waals surface area contributed by atoms with Gasteiger partial charge >= 0.3 is 0 Å². The molecule has 2 heterocycles. The first kappa shape index (κ1) is 15.1. The number of H-pyrrole nitrogens is 1. The van der Waals surface area contributed by atoms with Crippen molar-refractivity contribution in [3.8, 4) is 0 Å². The van der Waals surface area contributed by atoms with Gasteiger partial charge in [0.25, 0.3) is 0 Å². The number of hydrogen-bond donors (Lipinski definition) is 3. The molecule has 1 aliphatic heterocycles. The molecule has 2 aromatic rings. The van der Waals surface area contributed by atoms with Crippen LogP contribution in [0.2, 0.25) is 0 Å². The molecule has 0 aliphatic carbocycles. The molecule has 0 saturated carbocycles. The molecule has 2 atom stereocenters. The van der Waals surface area contributed by atoms with Crippen molar-refractivity contribution in [3.63, 3.8) is 0 Å². The minimum absolute atomic E-state index is 0.185. The summed E-state index contributed by atoms with van der Waals surface area (Å²) in [6.07, 6.45) is 5.97. The van der Waals surface area contributed by atoms with E-state index >= 15 is 0 Å². The van der Waals surface area contributed by atoms with Gasteiger partial charge < -0.3 is 15.6 Å². The van der Waals surface area contributed by atoms with Gasteiger partial charge in [-0.15, -0.1) is 0 Å². The Hall–Kier alpha value is -1.81. The predicted octanol–water partition coefficient (Wildman–Crippen LogP) is 2.60. The molecule has 1 fully saturated rings. The van der Waals surface area contributed by atoms with E-state index in [-0.39, 0.29) is 11.8 Å². The Balaban J connectivity index is 1.44. The number of amides is 1. The number of carbonyl (C=O) groups is 1. The molecule has 4 heteroatoms. The molecule has 3 N–H and O–H groups in total. The number of piperidine rings is 1. The van der Waals surface area contributed by atoms with Crippen molar-refractivity contribution in [2.75, 3.05) is 13.1 Å². The number of hydrogen-bond acceptors (Lipinski definition) is 2. The maximum Gasteiger partial charge on any atom is 0.223 e. The summed E-state index contributed by atoms with van der Waals surface area (Å²) in [6, 6.07) is 8.81. The van der Waals surface area contributed by atoms with Crippen molar-refractivity contribution in [1.29, 1.82) is 0 Å². The average Bonchev–Trinajstić information content (AvgIpc) is 2.95. The Morgan fingerprint density at radius 1 is 1.36 bits per heavy atom. The van der Waals surface area contributed by atoms with Crippen LogP contribution in [0.4, 0.5) is 0 Å². The normalized spacial score (nSPS) is 21.9. The summed E-state index contributed by atoms with van der Waals surface area (Å²) in [4.78, 5) is 15.5. The Morgan fingerprint density at radius 2 is 2.23 bits per heavy atom. The molecule has 0 spiro atoms. The monoisotopic (exact) mass is 299 g/mol. The molecule has 1 amide bonds. The van der Waals surface area contributed by atoms with Crippen LogP contribution in [-0.4, -0.2) is 30.0 Å². The molecule has 118 valence electrons. The number of aryl methyl sites for hydroxylation is 1. The van der Waals surface area contributed by atoms with Crippen molar-refractivity contribution >= 4 is 16.8 Å². The van der Waals surface area contributed by atoms with Crippen LogP contribution in [0.25, 0.3) is 10.9 Å². The molecule has 1 saturated heterocycles. The Morgan fingerprint density at radius 3 is 3.09 bits per heavy atom. The van der Waals surface area contributed by atoms with Crippen LogP contribution in [0.3, 0.4) is 0 Å². The summed E-state index contributed by atoms with van der Waals surface area (Å²) in [5.41, 5.74) is 2.52. The third kappa shape index (κ3) is 3.50. The zero-order valence-electron chi connectivity index (χ0n) is 13.2. The molecule has 1 aromatic heterocycles. The van der Waals surface area contributed by atoms with Gasteiger partial charge in [0.05, 0.1) is 0 Å². The highest BCUT2D eigenvalue weighted by atomic mass is 16.1. The summed E-state index contributed by atoms with van der Waals surface area (Å²) in [6.45, 7) is 3.86. The maximum atomic E-state index is 12.2. The summed E-state index contributed by atoms with van der Waals surface area (Å²) >= 11 is 0. The number of fused-ring (bicyclic) bond motifs is 1. The van der Waals surface area contributed by atoms with Crippen molar-refractivity contribution in [3.05, 3.63) is 36.0 Å². The van der Waals surface area contributed by atoms with Crippen LogP contribution in [0.5, 0.6) is 0 Å². The van der Waals surface area contributed by atoms with Crippen molar-refractivity contribution in [2.24, 2.45) is 5.92 Å². The first-order chi connectivity index (χ1) is 10.7. The van der Waals surface area contributed by atoms with E-state index in [1.54, 1.807) is 0 Å². The quantitative estimate of drug-likeness (QED) is 0.743. The topological polar surface area (TPSA) is 56.9 Å². The average molecular weight is 299 g/mol. The van der Waals surface area contributed by atoms with E-state index in [9.17, 15) is 4.79 Å².